The van der Waals surface area contributed by atoms with Crippen LogP contribution in [0.15, 0.2) is 29.6 Å². The number of aromatic nitrogens is 1. The number of halogens is 1. The van der Waals surface area contributed by atoms with Gasteiger partial charge >= 0.3 is 0 Å². The fourth-order valence-electron chi connectivity index (χ4n) is 1.61. The number of thiazole rings is 1. The first-order valence-electron chi connectivity index (χ1n) is 5.89. The van der Waals surface area contributed by atoms with Gasteiger partial charge in [-0.2, -0.15) is 0 Å². The van der Waals surface area contributed by atoms with Gasteiger partial charge < -0.3 is 5.32 Å². The molecule has 4 heteroatoms. The minimum absolute atomic E-state index is 0.0396. The summed E-state index contributed by atoms with van der Waals surface area (Å²) in [5.74, 6) is -0.217. The van der Waals surface area contributed by atoms with Gasteiger partial charge in [-0.05, 0) is 45.2 Å². The van der Waals surface area contributed by atoms with E-state index in [-0.39, 0.29) is 11.4 Å². The van der Waals surface area contributed by atoms with Crippen LogP contribution in [-0.2, 0) is 6.42 Å². The molecule has 0 bridgehead atoms. The summed E-state index contributed by atoms with van der Waals surface area (Å²) in [5.41, 5.74) is 1.92. The standard InChI is InChI=1S/C14H17FN2S/c1-14(2,16-3)8-13-17-12(9-18-13)10-4-6-11(15)7-5-10/h4-7,9,16H,8H2,1-3H3. The Morgan fingerprint density at radius 3 is 2.56 bits per heavy atom. The summed E-state index contributed by atoms with van der Waals surface area (Å²) in [4.78, 5) is 4.60. The monoisotopic (exact) mass is 264 g/mol. The van der Waals surface area contributed by atoms with Gasteiger partial charge in [0.15, 0.2) is 0 Å². The van der Waals surface area contributed by atoms with Gasteiger partial charge in [-0.3, -0.25) is 0 Å². The summed E-state index contributed by atoms with van der Waals surface area (Å²) >= 11 is 1.65. The molecule has 0 saturated heterocycles. The largest absolute Gasteiger partial charge is 0.314 e. The summed E-state index contributed by atoms with van der Waals surface area (Å²) < 4.78 is 12.8. The number of nitrogens with zero attached hydrogens (tertiary/aromatic N) is 1. The van der Waals surface area contributed by atoms with Crippen LogP contribution in [0.4, 0.5) is 4.39 Å². The Kier molecular flexibility index (Phi) is 3.78. The summed E-state index contributed by atoms with van der Waals surface area (Å²) in [6, 6.07) is 6.45. The minimum Gasteiger partial charge on any atom is -0.314 e. The van der Waals surface area contributed by atoms with Gasteiger partial charge in [0.25, 0.3) is 0 Å². The predicted octanol–water partition coefficient (Wildman–Crippen LogP) is 3.49. The minimum atomic E-state index is -0.217. The molecule has 2 nitrogen and oxygen atoms in total. The zero-order chi connectivity index (χ0) is 13.2. The summed E-state index contributed by atoms with van der Waals surface area (Å²) in [6.07, 6.45) is 0.884. The Hall–Kier alpha value is -1.26. The van der Waals surface area contributed by atoms with E-state index in [0.717, 1.165) is 22.7 Å². The van der Waals surface area contributed by atoms with Crippen LogP contribution in [0.1, 0.15) is 18.9 Å². The third kappa shape index (κ3) is 3.15. The van der Waals surface area contributed by atoms with Crippen LogP contribution in [0.2, 0.25) is 0 Å². The molecule has 0 atom stereocenters. The maximum Gasteiger partial charge on any atom is 0.123 e. The van der Waals surface area contributed by atoms with Crippen molar-refractivity contribution in [2.75, 3.05) is 7.05 Å². The molecule has 96 valence electrons. The van der Waals surface area contributed by atoms with Crippen molar-refractivity contribution in [1.82, 2.24) is 10.3 Å². The van der Waals surface area contributed by atoms with E-state index in [2.05, 4.69) is 24.1 Å². The molecule has 0 fully saturated rings. The third-order valence-corrected chi connectivity index (χ3v) is 3.81. The first-order valence-corrected chi connectivity index (χ1v) is 6.77. The molecule has 1 aromatic carbocycles. The maximum absolute atomic E-state index is 12.8. The van der Waals surface area contributed by atoms with Crippen LogP contribution in [0.5, 0.6) is 0 Å². The molecule has 0 aliphatic heterocycles. The van der Waals surface area contributed by atoms with Crippen molar-refractivity contribution < 1.29 is 4.39 Å². The number of rotatable bonds is 4. The van der Waals surface area contributed by atoms with Gasteiger partial charge in [-0.1, -0.05) is 0 Å². The van der Waals surface area contributed by atoms with Crippen molar-refractivity contribution in [3.05, 3.63) is 40.5 Å². The molecule has 0 unspecified atom stereocenters. The van der Waals surface area contributed by atoms with Gasteiger partial charge in [-0.15, -0.1) is 11.3 Å². The lowest BCUT2D eigenvalue weighted by molar-refractivity contribution is 0.421. The van der Waals surface area contributed by atoms with Gasteiger partial charge in [0.1, 0.15) is 5.82 Å². The van der Waals surface area contributed by atoms with Crippen molar-refractivity contribution >= 4 is 11.3 Å². The fourth-order valence-corrected chi connectivity index (χ4v) is 2.64. The van der Waals surface area contributed by atoms with E-state index in [4.69, 9.17) is 0 Å². The molecule has 0 aliphatic carbocycles. The van der Waals surface area contributed by atoms with E-state index in [1.54, 1.807) is 23.5 Å². The Bertz CT molecular complexity index is 517. The average Bonchev–Trinajstić information content (AvgIpc) is 2.78. The lowest BCUT2D eigenvalue weighted by Crippen LogP contribution is -2.38. The zero-order valence-electron chi connectivity index (χ0n) is 10.8. The van der Waals surface area contributed by atoms with Crippen LogP contribution in [0.25, 0.3) is 11.3 Å². The Labute approximate surface area is 111 Å². The molecule has 0 radical (unpaired) electrons. The first-order chi connectivity index (χ1) is 8.50. The smallest absolute Gasteiger partial charge is 0.123 e. The first kappa shape index (κ1) is 13.2. The molecule has 1 N–H and O–H groups in total. The van der Waals surface area contributed by atoms with Crippen molar-refractivity contribution in [2.45, 2.75) is 25.8 Å². The molecule has 0 aliphatic rings. The van der Waals surface area contributed by atoms with E-state index < -0.39 is 0 Å². The van der Waals surface area contributed by atoms with E-state index >= 15 is 0 Å². The van der Waals surface area contributed by atoms with Crippen molar-refractivity contribution in [3.63, 3.8) is 0 Å². The second kappa shape index (κ2) is 5.16. The predicted molar refractivity (Wildman–Crippen MR) is 74.4 cm³/mol. The number of hydrogen-bond donors (Lipinski definition) is 1. The topological polar surface area (TPSA) is 24.9 Å². The number of likely N-dealkylation sites (N-methyl/N-ethyl adjacent to an activating group) is 1. The molecule has 0 spiro atoms. The third-order valence-electron chi connectivity index (χ3n) is 2.96. The SMILES string of the molecule is CNC(C)(C)Cc1nc(-c2ccc(F)cc2)cs1. The number of hydrogen-bond acceptors (Lipinski definition) is 3. The van der Waals surface area contributed by atoms with E-state index in [1.807, 2.05) is 12.4 Å². The van der Waals surface area contributed by atoms with Crippen LogP contribution in [0.3, 0.4) is 0 Å². The molecule has 1 aromatic heterocycles. The van der Waals surface area contributed by atoms with Crippen LogP contribution in [0, 0.1) is 5.82 Å². The Balaban J connectivity index is 2.18. The highest BCUT2D eigenvalue weighted by atomic mass is 32.1. The highest BCUT2D eigenvalue weighted by molar-refractivity contribution is 7.09. The molecule has 0 saturated carbocycles. The average molecular weight is 264 g/mol. The summed E-state index contributed by atoms with van der Waals surface area (Å²) in [7, 11) is 1.95. The molecule has 18 heavy (non-hydrogen) atoms. The second-order valence-corrected chi connectivity index (χ2v) is 5.89. The Morgan fingerprint density at radius 1 is 1.28 bits per heavy atom. The second-order valence-electron chi connectivity index (χ2n) is 4.94. The van der Waals surface area contributed by atoms with Gasteiger partial charge in [-0.25, -0.2) is 9.37 Å². The normalized spacial score (nSPS) is 11.8. The van der Waals surface area contributed by atoms with E-state index in [9.17, 15) is 4.39 Å². The zero-order valence-corrected chi connectivity index (χ0v) is 11.6. The molecule has 2 aromatic rings. The quantitative estimate of drug-likeness (QED) is 0.914. The maximum atomic E-state index is 12.8. The van der Waals surface area contributed by atoms with Crippen LogP contribution >= 0.6 is 11.3 Å². The summed E-state index contributed by atoms with van der Waals surface area (Å²) in [6.45, 7) is 4.29. The molecule has 2 rings (SSSR count). The Morgan fingerprint density at radius 2 is 1.94 bits per heavy atom. The fraction of sp³-hybridized carbons (Fsp3) is 0.357. The van der Waals surface area contributed by atoms with Crippen molar-refractivity contribution in [3.8, 4) is 11.3 Å². The van der Waals surface area contributed by atoms with Crippen LogP contribution < -0.4 is 5.32 Å². The number of benzene rings is 1. The molecule has 1 heterocycles. The van der Waals surface area contributed by atoms with Gasteiger partial charge in [0, 0.05) is 22.9 Å². The molecular weight excluding hydrogens is 247 g/mol. The van der Waals surface area contributed by atoms with E-state index in [1.165, 1.54) is 12.1 Å². The van der Waals surface area contributed by atoms with Crippen molar-refractivity contribution in [1.29, 1.82) is 0 Å². The molecule has 0 amide bonds. The lowest BCUT2D eigenvalue weighted by atomic mass is 10.0. The van der Waals surface area contributed by atoms with E-state index in [0.29, 0.717) is 0 Å². The summed E-state index contributed by atoms with van der Waals surface area (Å²) in [5, 5.41) is 6.38. The lowest BCUT2D eigenvalue weighted by Gasteiger charge is -2.22. The van der Waals surface area contributed by atoms with Gasteiger partial charge in [0.2, 0.25) is 0 Å². The highest BCUT2D eigenvalue weighted by Crippen LogP contribution is 2.24. The highest BCUT2D eigenvalue weighted by Gasteiger charge is 2.17. The van der Waals surface area contributed by atoms with Gasteiger partial charge in [0.05, 0.1) is 10.7 Å². The van der Waals surface area contributed by atoms with Crippen LogP contribution in [-0.4, -0.2) is 17.6 Å². The van der Waals surface area contributed by atoms with Crippen molar-refractivity contribution in [2.24, 2.45) is 0 Å². The molecular formula is C14H17FN2S. The number of nitrogens with one attached hydrogen (secondary N) is 1.